The van der Waals surface area contributed by atoms with Gasteiger partial charge in [-0.2, -0.15) is 0 Å². The van der Waals surface area contributed by atoms with Crippen LogP contribution in [0.5, 0.6) is 0 Å². The van der Waals surface area contributed by atoms with E-state index in [2.05, 4.69) is 22.5 Å². The molecule has 0 bridgehead atoms. The molecular formula is C29H41ClN4O7. The van der Waals surface area contributed by atoms with Crippen molar-refractivity contribution in [1.82, 2.24) is 20.2 Å². The van der Waals surface area contributed by atoms with E-state index < -0.39 is 35.6 Å². The zero-order chi connectivity index (χ0) is 30.7. The van der Waals surface area contributed by atoms with Crippen LogP contribution >= 0.6 is 11.6 Å². The van der Waals surface area contributed by atoms with Gasteiger partial charge >= 0.3 is 18.0 Å². The Morgan fingerprint density at radius 3 is 2.34 bits per heavy atom. The molecule has 0 spiro atoms. The van der Waals surface area contributed by atoms with Gasteiger partial charge in [0.25, 0.3) is 5.91 Å². The Labute approximate surface area is 245 Å². The summed E-state index contributed by atoms with van der Waals surface area (Å²) in [5, 5.41) is 14.7. The summed E-state index contributed by atoms with van der Waals surface area (Å²) >= 11 is 6.44. The topological polar surface area (TPSA) is 149 Å². The Morgan fingerprint density at radius 1 is 1.12 bits per heavy atom. The lowest BCUT2D eigenvalue weighted by atomic mass is 9.99. The number of carboxylic acid groups (broad SMARTS) is 1. The standard InChI is InChI=1S/C29H41ClN4O7/c1-7-9-10-22-32-25(30)21(17-40-23(35)15-31-28(39)41-29(4,5)6)34(22)16-19-11-13-20(14-12-19)26(36)33-24(27(37)38)18(3)8-2/h11-14,18,24H,7-10,15-17H2,1-6H3,(H,31,39)(H,33,36)(H,37,38)/t18-,24-/m0/s1. The van der Waals surface area contributed by atoms with Crippen molar-refractivity contribution in [1.29, 1.82) is 0 Å². The monoisotopic (exact) mass is 592 g/mol. The van der Waals surface area contributed by atoms with Gasteiger partial charge in [0.15, 0.2) is 5.15 Å². The average Bonchev–Trinajstić information content (AvgIpc) is 3.20. The van der Waals surface area contributed by atoms with Crippen molar-refractivity contribution in [2.24, 2.45) is 5.92 Å². The number of unbranched alkanes of at least 4 members (excludes halogenated alkanes) is 1. The van der Waals surface area contributed by atoms with Crippen LogP contribution in [-0.4, -0.2) is 56.8 Å². The SMILES string of the molecule is CCCCc1nc(Cl)c(COC(=O)CNC(=O)OC(C)(C)C)n1Cc1ccc(C(=O)N[C@H](C(=O)O)[C@@H](C)CC)cc1. The number of nitrogens with one attached hydrogen (secondary N) is 2. The van der Waals surface area contributed by atoms with Crippen LogP contribution in [-0.2, 0) is 38.6 Å². The zero-order valence-corrected chi connectivity index (χ0v) is 25.3. The molecule has 0 unspecified atom stereocenters. The molecule has 2 atom stereocenters. The van der Waals surface area contributed by atoms with Gasteiger partial charge in [-0.25, -0.2) is 14.6 Å². The van der Waals surface area contributed by atoms with Crippen LogP contribution in [0.15, 0.2) is 24.3 Å². The number of aliphatic carboxylic acids is 1. The molecule has 0 aliphatic heterocycles. The average molecular weight is 593 g/mol. The molecule has 1 aromatic heterocycles. The maximum absolute atomic E-state index is 12.7. The quantitative estimate of drug-likeness (QED) is 0.267. The van der Waals surface area contributed by atoms with Crippen LogP contribution in [0.25, 0.3) is 0 Å². The second kappa shape index (κ2) is 15.4. The number of imidazole rings is 1. The fourth-order valence-electron chi connectivity index (χ4n) is 3.87. The smallest absolute Gasteiger partial charge is 0.408 e. The molecule has 41 heavy (non-hydrogen) atoms. The predicted molar refractivity (Wildman–Crippen MR) is 154 cm³/mol. The number of esters is 1. The first-order valence-corrected chi connectivity index (χ1v) is 14.1. The molecule has 0 saturated heterocycles. The second-order valence-corrected chi connectivity index (χ2v) is 11.2. The summed E-state index contributed by atoms with van der Waals surface area (Å²) in [6.07, 6.45) is 2.38. The number of ether oxygens (including phenoxy) is 2. The summed E-state index contributed by atoms with van der Waals surface area (Å²) in [7, 11) is 0. The maximum Gasteiger partial charge on any atom is 0.408 e. The van der Waals surface area contributed by atoms with E-state index >= 15 is 0 Å². The van der Waals surface area contributed by atoms with Crippen molar-refractivity contribution < 1.29 is 33.8 Å². The van der Waals surface area contributed by atoms with E-state index in [0.29, 0.717) is 30.6 Å². The van der Waals surface area contributed by atoms with Crippen molar-refractivity contribution in [3.05, 3.63) is 52.1 Å². The first-order chi connectivity index (χ1) is 19.2. The molecule has 12 heteroatoms. The third-order valence-corrected chi connectivity index (χ3v) is 6.63. The summed E-state index contributed by atoms with van der Waals surface area (Å²) < 4.78 is 12.4. The number of benzene rings is 1. The molecule has 0 saturated carbocycles. The fraction of sp³-hybridized carbons (Fsp3) is 0.552. The van der Waals surface area contributed by atoms with E-state index in [0.717, 1.165) is 24.2 Å². The highest BCUT2D eigenvalue weighted by Crippen LogP contribution is 2.22. The normalized spacial score (nSPS) is 12.8. The number of hydrogen-bond acceptors (Lipinski definition) is 7. The van der Waals surface area contributed by atoms with Crippen molar-refractivity contribution >= 4 is 35.5 Å². The van der Waals surface area contributed by atoms with Crippen LogP contribution in [0.3, 0.4) is 0 Å². The zero-order valence-electron chi connectivity index (χ0n) is 24.6. The van der Waals surface area contributed by atoms with E-state index in [1.165, 1.54) is 0 Å². The molecule has 2 aromatic rings. The molecule has 226 valence electrons. The Morgan fingerprint density at radius 2 is 1.78 bits per heavy atom. The Bertz CT molecular complexity index is 1200. The highest BCUT2D eigenvalue weighted by molar-refractivity contribution is 6.30. The van der Waals surface area contributed by atoms with Crippen molar-refractivity contribution in [3.8, 4) is 0 Å². The number of rotatable bonds is 14. The van der Waals surface area contributed by atoms with E-state index in [1.54, 1.807) is 52.0 Å². The molecule has 11 nitrogen and oxygen atoms in total. The number of alkyl carbamates (subject to hydrolysis) is 1. The van der Waals surface area contributed by atoms with Gasteiger partial charge in [0.1, 0.15) is 30.6 Å². The molecular weight excluding hydrogens is 552 g/mol. The van der Waals surface area contributed by atoms with Crippen molar-refractivity contribution in [3.63, 3.8) is 0 Å². The van der Waals surface area contributed by atoms with Gasteiger partial charge < -0.3 is 29.8 Å². The number of hydrogen-bond donors (Lipinski definition) is 3. The highest BCUT2D eigenvalue weighted by atomic mass is 35.5. The second-order valence-electron chi connectivity index (χ2n) is 10.8. The number of carboxylic acids is 1. The van der Waals surface area contributed by atoms with Gasteiger partial charge in [-0.3, -0.25) is 9.59 Å². The van der Waals surface area contributed by atoms with Crippen LogP contribution < -0.4 is 10.6 Å². The molecule has 0 aliphatic rings. The summed E-state index contributed by atoms with van der Waals surface area (Å²) in [5.74, 6) is -1.69. The minimum Gasteiger partial charge on any atom is -0.480 e. The highest BCUT2D eigenvalue weighted by Gasteiger charge is 2.26. The molecule has 2 amide bonds. The minimum absolute atomic E-state index is 0.153. The van der Waals surface area contributed by atoms with E-state index in [-0.39, 0.29) is 24.2 Å². The van der Waals surface area contributed by atoms with E-state index in [4.69, 9.17) is 21.1 Å². The Hall–Kier alpha value is -3.60. The van der Waals surface area contributed by atoms with Crippen LogP contribution in [0.1, 0.15) is 88.2 Å². The number of aromatic nitrogens is 2. The number of aryl methyl sites for hydroxylation is 1. The third kappa shape index (κ3) is 10.7. The van der Waals surface area contributed by atoms with E-state index in [9.17, 15) is 24.3 Å². The molecule has 3 N–H and O–H groups in total. The Kier molecular flexibility index (Phi) is 12.6. The summed E-state index contributed by atoms with van der Waals surface area (Å²) in [4.78, 5) is 52.9. The van der Waals surface area contributed by atoms with Gasteiger partial charge in [0.2, 0.25) is 0 Å². The fourth-order valence-corrected chi connectivity index (χ4v) is 4.12. The minimum atomic E-state index is -1.07. The van der Waals surface area contributed by atoms with Crippen LogP contribution in [0.2, 0.25) is 5.15 Å². The number of carbonyl (C=O) groups excluding carboxylic acids is 3. The summed E-state index contributed by atoms with van der Waals surface area (Å²) in [6, 6.07) is 5.82. The lowest BCUT2D eigenvalue weighted by molar-refractivity contribution is -0.144. The van der Waals surface area contributed by atoms with Crippen LogP contribution in [0, 0.1) is 5.92 Å². The molecule has 1 aromatic carbocycles. The molecule has 0 aliphatic carbocycles. The Balaban J connectivity index is 2.14. The first-order valence-electron chi connectivity index (χ1n) is 13.7. The molecule has 0 fully saturated rings. The number of halogens is 1. The lowest BCUT2D eigenvalue weighted by Crippen LogP contribution is -2.45. The lowest BCUT2D eigenvalue weighted by Gasteiger charge is -2.20. The van der Waals surface area contributed by atoms with Crippen LogP contribution in [0.4, 0.5) is 4.79 Å². The summed E-state index contributed by atoms with van der Waals surface area (Å²) in [5.41, 5.74) is 0.983. The molecule has 2 rings (SSSR count). The number of amides is 2. The van der Waals surface area contributed by atoms with Gasteiger partial charge in [-0.1, -0.05) is 57.3 Å². The van der Waals surface area contributed by atoms with Gasteiger partial charge in [0, 0.05) is 18.5 Å². The predicted octanol–water partition coefficient (Wildman–Crippen LogP) is 4.72. The van der Waals surface area contributed by atoms with Gasteiger partial charge in [-0.05, 0) is 50.8 Å². The van der Waals surface area contributed by atoms with Crippen molar-refractivity contribution in [2.75, 3.05) is 6.54 Å². The number of carbonyl (C=O) groups is 4. The van der Waals surface area contributed by atoms with Gasteiger partial charge in [0.05, 0.1) is 5.69 Å². The molecule has 1 heterocycles. The van der Waals surface area contributed by atoms with E-state index in [1.807, 2.05) is 11.5 Å². The first kappa shape index (κ1) is 33.6. The third-order valence-electron chi connectivity index (χ3n) is 6.32. The maximum atomic E-state index is 12.7. The number of nitrogens with zero attached hydrogens (tertiary/aromatic N) is 2. The summed E-state index contributed by atoms with van der Waals surface area (Å²) in [6.45, 7) is 10.7. The largest absolute Gasteiger partial charge is 0.480 e. The van der Waals surface area contributed by atoms with Gasteiger partial charge in [-0.15, -0.1) is 0 Å². The van der Waals surface area contributed by atoms with Crippen molar-refractivity contribution in [2.45, 2.75) is 92.0 Å². The molecule has 0 radical (unpaired) electrons.